The van der Waals surface area contributed by atoms with E-state index in [1.165, 1.54) is 11.8 Å². The van der Waals surface area contributed by atoms with Gasteiger partial charge in [-0.1, -0.05) is 49.6 Å². The molecule has 0 aliphatic carbocycles. The molecule has 0 saturated carbocycles. The summed E-state index contributed by atoms with van der Waals surface area (Å²) in [5.74, 6) is -0.0191. The number of hydrogen-bond donors (Lipinski definition) is 3. The molecule has 0 aromatic heterocycles. The SMILES string of the molecule is CCCCC(CN)NC(=O)c1ccccc1SCC(=O)Nc1ccc(C)cc1. The van der Waals surface area contributed by atoms with Gasteiger partial charge in [-0.2, -0.15) is 0 Å². The summed E-state index contributed by atoms with van der Waals surface area (Å²) in [6, 6.07) is 15.0. The third kappa shape index (κ3) is 7.02. The number of thioether (sulfide) groups is 1. The van der Waals surface area contributed by atoms with E-state index in [0.717, 1.165) is 35.4 Å². The van der Waals surface area contributed by atoms with Crippen LogP contribution in [0.1, 0.15) is 42.1 Å². The van der Waals surface area contributed by atoms with Gasteiger partial charge in [-0.25, -0.2) is 0 Å². The second-order valence-electron chi connectivity index (χ2n) is 6.75. The first-order valence-electron chi connectivity index (χ1n) is 9.62. The molecular weight excluding hydrogens is 370 g/mol. The van der Waals surface area contributed by atoms with E-state index in [1.807, 2.05) is 49.4 Å². The Morgan fingerprint density at radius 1 is 1.11 bits per heavy atom. The van der Waals surface area contributed by atoms with Crippen LogP contribution in [-0.2, 0) is 4.79 Å². The topological polar surface area (TPSA) is 84.2 Å². The fourth-order valence-electron chi connectivity index (χ4n) is 2.72. The lowest BCUT2D eigenvalue weighted by Crippen LogP contribution is -2.40. The molecule has 1 atom stereocenters. The van der Waals surface area contributed by atoms with Crippen LogP contribution in [0.15, 0.2) is 53.4 Å². The van der Waals surface area contributed by atoms with Gasteiger partial charge in [0.25, 0.3) is 5.91 Å². The second kappa shape index (κ2) is 11.5. The van der Waals surface area contributed by atoms with Crippen LogP contribution in [0.4, 0.5) is 5.69 Å². The fourth-order valence-corrected chi connectivity index (χ4v) is 3.57. The lowest BCUT2D eigenvalue weighted by molar-refractivity contribution is -0.113. The Labute approximate surface area is 171 Å². The third-order valence-electron chi connectivity index (χ3n) is 4.35. The number of nitrogens with two attached hydrogens (primary N) is 1. The number of anilines is 1. The summed E-state index contributed by atoms with van der Waals surface area (Å²) in [6.45, 7) is 4.53. The highest BCUT2D eigenvalue weighted by molar-refractivity contribution is 8.00. The van der Waals surface area contributed by atoms with Gasteiger partial charge in [0.1, 0.15) is 0 Å². The number of rotatable bonds is 10. The van der Waals surface area contributed by atoms with Crippen molar-refractivity contribution in [3.8, 4) is 0 Å². The molecule has 0 bridgehead atoms. The van der Waals surface area contributed by atoms with E-state index in [2.05, 4.69) is 17.6 Å². The maximum Gasteiger partial charge on any atom is 0.252 e. The minimum atomic E-state index is -0.145. The van der Waals surface area contributed by atoms with E-state index in [4.69, 9.17) is 5.73 Å². The summed E-state index contributed by atoms with van der Waals surface area (Å²) in [7, 11) is 0. The van der Waals surface area contributed by atoms with E-state index in [-0.39, 0.29) is 23.6 Å². The Kier molecular flexibility index (Phi) is 9.04. The number of aryl methyl sites for hydroxylation is 1. The van der Waals surface area contributed by atoms with Gasteiger partial charge in [-0.15, -0.1) is 11.8 Å². The summed E-state index contributed by atoms with van der Waals surface area (Å²) in [4.78, 5) is 25.7. The van der Waals surface area contributed by atoms with Crippen LogP contribution in [0.3, 0.4) is 0 Å². The maximum absolute atomic E-state index is 12.7. The van der Waals surface area contributed by atoms with E-state index >= 15 is 0 Å². The first kappa shape index (κ1) is 22.0. The normalized spacial score (nSPS) is 11.7. The van der Waals surface area contributed by atoms with Crippen LogP contribution in [0.2, 0.25) is 0 Å². The highest BCUT2D eigenvalue weighted by Crippen LogP contribution is 2.23. The molecule has 2 amide bonds. The van der Waals surface area contributed by atoms with Gasteiger partial charge in [-0.3, -0.25) is 9.59 Å². The number of amides is 2. The smallest absolute Gasteiger partial charge is 0.252 e. The monoisotopic (exact) mass is 399 g/mol. The van der Waals surface area contributed by atoms with E-state index in [9.17, 15) is 9.59 Å². The number of benzene rings is 2. The molecule has 0 aliphatic heterocycles. The van der Waals surface area contributed by atoms with Crippen molar-refractivity contribution < 1.29 is 9.59 Å². The van der Waals surface area contributed by atoms with Gasteiger partial charge in [0.15, 0.2) is 0 Å². The molecule has 2 aromatic carbocycles. The molecule has 0 fully saturated rings. The van der Waals surface area contributed by atoms with Crippen LogP contribution in [-0.4, -0.2) is 30.2 Å². The molecule has 0 saturated heterocycles. The minimum Gasteiger partial charge on any atom is -0.348 e. The predicted octanol–water partition coefficient (Wildman–Crippen LogP) is 3.97. The van der Waals surface area contributed by atoms with Crippen LogP contribution >= 0.6 is 11.8 Å². The molecule has 5 nitrogen and oxygen atoms in total. The van der Waals surface area contributed by atoms with E-state index in [1.54, 1.807) is 6.07 Å². The third-order valence-corrected chi connectivity index (χ3v) is 5.43. The molecule has 2 rings (SSSR count). The summed E-state index contributed by atoms with van der Waals surface area (Å²) < 4.78 is 0. The van der Waals surface area contributed by atoms with Crippen LogP contribution < -0.4 is 16.4 Å². The molecular formula is C22H29N3O2S. The molecule has 0 radical (unpaired) electrons. The lowest BCUT2D eigenvalue weighted by atomic mass is 10.1. The highest BCUT2D eigenvalue weighted by Gasteiger charge is 2.16. The van der Waals surface area contributed by atoms with Gasteiger partial charge in [0.05, 0.1) is 11.3 Å². The van der Waals surface area contributed by atoms with Crippen molar-refractivity contribution in [2.24, 2.45) is 5.73 Å². The maximum atomic E-state index is 12.7. The number of carbonyl (C=O) groups is 2. The number of carbonyl (C=O) groups excluding carboxylic acids is 2. The van der Waals surface area contributed by atoms with Crippen molar-refractivity contribution in [2.75, 3.05) is 17.6 Å². The van der Waals surface area contributed by atoms with Crippen molar-refractivity contribution >= 4 is 29.3 Å². The Balaban J connectivity index is 1.96. The van der Waals surface area contributed by atoms with Gasteiger partial charge < -0.3 is 16.4 Å². The molecule has 6 heteroatoms. The summed E-state index contributed by atoms with van der Waals surface area (Å²) in [5.41, 5.74) is 8.27. The average Bonchev–Trinajstić information content (AvgIpc) is 2.71. The minimum absolute atomic E-state index is 0.0321. The standard InChI is InChI=1S/C22H29N3O2S/c1-3-4-7-18(14-23)25-22(27)19-8-5-6-9-20(19)28-15-21(26)24-17-12-10-16(2)11-13-17/h5-6,8-13,18H,3-4,7,14-15,23H2,1-2H3,(H,24,26)(H,25,27). The first-order valence-corrected chi connectivity index (χ1v) is 10.6. The van der Waals surface area contributed by atoms with Gasteiger partial charge in [-0.05, 0) is 37.6 Å². The summed E-state index contributed by atoms with van der Waals surface area (Å²) >= 11 is 1.35. The Hall–Kier alpha value is -2.31. The van der Waals surface area contributed by atoms with Crippen molar-refractivity contribution in [1.82, 2.24) is 5.32 Å². The molecule has 0 aliphatic rings. The Morgan fingerprint density at radius 3 is 2.50 bits per heavy atom. The Bertz CT molecular complexity index is 778. The molecule has 4 N–H and O–H groups in total. The average molecular weight is 400 g/mol. The molecule has 0 heterocycles. The molecule has 28 heavy (non-hydrogen) atoms. The molecule has 0 spiro atoms. The van der Waals surface area contributed by atoms with Gasteiger partial charge in [0, 0.05) is 23.2 Å². The number of unbranched alkanes of at least 4 members (excludes halogenated alkanes) is 1. The summed E-state index contributed by atoms with van der Waals surface area (Å²) in [5, 5.41) is 5.89. The zero-order valence-electron chi connectivity index (χ0n) is 16.5. The highest BCUT2D eigenvalue weighted by atomic mass is 32.2. The first-order chi connectivity index (χ1) is 13.5. The van der Waals surface area contributed by atoms with Crippen molar-refractivity contribution in [1.29, 1.82) is 0 Å². The van der Waals surface area contributed by atoms with Crippen molar-refractivity contribution in [3.63, 3.8) is 0 Å². The van der Waals surface area contributed by atoms with Crippen molar-refractivity contribution in [2.45, 2.75) is 44.0 Å². The predicted molar refractivity (Wildman–Crippen MR) is 117 cm³/mol. The zero-order valence-corrected chi connectivity index (χ0v) is 17.4. The van der Waals surface area contributed by atoms with Gasteiger partial charge in [0.2, 0.25) is 5.91 Å². The van der Waals surface area contributed by atoms with E-state index < -0.39 is 0 Å². The molecule has 1 unspecified atom stereocenters. The summed E-state index contributed by atoms with van der Waals surface area (Å²) in [6.07, 6.45) is 2.96. The second-order valence-corrected chi connectivity index (χ2v) is 7.76. The zero-order chi connectivity index (χ0) is 20.4. The largest absolute Gasteiger partial charge is 0.348 e. The molecule has 2 aromatic rings. The van der Waals surface area contributed by atoms with Crippen LogP contribution in [0.25, 0.3) is 0 Å². The molecule has 150 valence electrons. The van der Waals surface area contributed by atoms with Crippen LogP contribution in [0, 0.1) is 6.92 Å². The van der Waals surface area contributed by atoms with Gasteiger partial charge >= 0.3 is 0 Å². The number of hydrogen-bond acceptors (Lipinski definition) is 4. The number of nitrogens with one attached hydrogen (secondary N) is 2. The van der Waals surface area contributed by atoms with Crippen LogP contribution in [0.5, 0.6) is 0 Å². The fraction of sp³-hybridized carbons (Fsp3) is 0.364. The quantitative estimate of drug-likeness (QED) is 0.528. The Morgan fingerprint density at radius 2 is 1.82 bits per heavy atom. The van der Waals surface area contributed by atoms with E-state index in [0.29, 0.717) is 12.1 Å². The van der Waals surface area contributed by atoms with Crippen molar-refractivity contribution in [3.05, 3.63) is 59.7 Å². The lowest BCUT2D eigenvalue weighted by Gasteiger charge is -2.17.